The highest BCUT2D eigenvalue weighted by Gasteiger charge is 2.32. The molecule has 0 aliphatic carbocycles. The molecular formula is C75H125N19O20. The van der Waals surface area contributed by atoms with Gasteiger partial charge in [-0.3, -0.25) is 81.5 Å². The lowest BCUT2D eigenvalue weighted by Crippen LogP contribution is -2.50. The van der Waals surface area contributed by atoms with Gasteiger partial charge < -0.3 is 101 Å². The van der Waals surface area contributed by atoms with Crippen molar-refractivity contribution in [1.82, 2.24) is 90.7 Å². The van der Waals surface area contributed by atoms with Crippen LogP contribution in [0.3, 0.4) is 0 Å². The van der Waals surface area contributed by atoms with Gasteiger partial charge in [-0.2, -0.15) is 0 Å². The van der Waals surface area contributed by atoms with Crippen molar-refractivity contribution in [3.8, 4) is 0 Å². The van der Waals surface area contributed by atoms with Gasteiger partial charge in [-0.05, 0) is 43.2 Å². The van der Waals surface area contributed by atoms with E-state index in [0.717, 1.165) is 49.0 Å². The number of Topliss-reactive ketones (excluding diaryl/α,β-unsaturated/α-hetero) is 2. The average molecular weight is 1610 g/mol. The normalized spacial score (nSPS) is 11.6. The number of hydrogen-bond donors (Lipinski definition) is 7. The largest absolute Gasteiger partial charge is 0.445 e. The fourth-order valence-corrected chi connectivity index (χ4v) is 10.5. The van der Waals surface area contributed by atoms with Crippen LogP contribution in [-0.4, -0.2) is 379 Å². The molecule has 1 aromatic rings. The van der Waals surface area contributed by atoms with E-state index in [1.165, 1.54) is 82.3 Å². The molecular weight excluding hydrogens is 1490 g/mol. The molecule has 0 bridgehead atoms. The average Bonchev–Trinajstić information content (AvgIpc) is 0.870. The first kappa shape index (κ1) is 101. The van der Waals surface area contributed by atoms with E-state index < -0.39 is 178 Å². The van der Waals surface area contributed by atoms with Gasteiger partial charge in [0, 0.05) is 174 Å². The van der Waals surface area contributed by atoms with Crippen molar-refractivity contribution in [3.05, 3.63) is 35.4 Å². The van der Waals surface area contributed by atoms with Crippen LogP contribution < -0.4 is 37.6 Å². The highest BCUT2D eigenvalue weighted by atomic mass is 16.6. The van der Waals surface area contributed by atoms with Gasteiger partial charge in [0.2, 0.25) is 88.6 Å². The van der Waals surface area contributed by atoms with Gasteiger partial charge >= 0.3 is 12.1 Å². The molecule has 0 fully saturated rings. The second-order valence-corrected chi connectivity index (χ2v) is 29.6. The molecule has 0 aromatic heterocycles. The number of ketones is 2. The van der Waals surface area contributed by atoms with Crippen LogP contribution in [0.1, 0.15) is 105 Å². The van der Waals surface area contributed by atoms with Gasteiger partial charge in [0.05, 0.1) is 71.5 Å². The van der Waals surface area contributed by atoms with Crippen LogP contribution in [0.2, 0.25) is 0 Å². The Kier molecular flexibility index (Phi) is 45.8. The minimum atomic E-state index is -0.995. The van der Waals surface area contributed by atoms with Crippen molar-refractivity contribution in [2.75, 3.05) is 189 Å². The van der Waals surface area contributed by atoms with Crippen LogP contribution in [0.5, 0.6) is 0 Å². The third kappa shape index (κ3) is 40.0. The van der Waals surface area contributed by atoms with E-state index in [2.05, 4.69) is 31.9 Å². The number of benzene rings is 1. The first-order chi connectivity index (χ1) is 53.1. The van der Waals surface area contributed by atoms with Crippen molar-refractivity contribution in [2.45, 2.75) is 125 Å². The summed E-state index contributed by atoms with van der Waals surface area (Å²) in [5.74, 6) is -10.4. The maximum atomic E-state index is 13.8. The van der Waals surface area contributed by atoms with Crippen molar-refractivity contribution in [1.29, 1.82) is 0 Å². The second kappa shape index (κ2) is 51.7. The predicted octanol–water partition coefficient (Wildman–Crippen LogP) is -3.47. The van der Waals surface area contributed by atoms with E-state index in [4.69, 9.17) is 10.5 Å². The molecule has 8 N–H and O–H groups in total. The van der Waals surface area contributed by atoms with Gasteiger partial charge in [0.25, 0.3) is 0 Å². The summed E-state index contributed by atoms with van der Waals surface area (Å²) in [4.78, 5) is 259. The number of nitrogens with zero attached hydrogens (tertiary/aromatic N) is 12. The minimum absolute atomic E-state index is 0.0462. The maximum absolute atomic E-state index is 13.8. The molecule has 0 saturated heterocycles. The summed E-state index contributed by atoms with van der Waals surface area (Å²) in [6, 6.07) is 4.41. The molecule has 640 valence electrons. The van der Waals surface area contributed by atoms with E-state index in [1.807, 2.05) is 13.8 Å². The number of urea groups is 1. The molecule has 0 saturated carbocycles. The number of nitrogens with two attached hydrogens (primary N) is 1. The number of likely N-dealkylation sites (N-methyl/N-ethyl adjacent to an activating group) is 12. The molecule has 0 unspecified atom stereocenters. The fourth-order valence-electron chi connectivity index (χ4n) is 10.5. The molecule has 0 heterocycles. The summed E-state index contributed by atoms with van der Waals surface area (Å²) in [6.07, 6.45) is -0.629. The Morgan fingerprint density at radius 3 is 1.20 bits per heavy atom. The Bertz CT molecular complexity index is 3490. The van der Waals surface area contributed by atoms with Crippen LogP contribution in [0.15, 0.2) is 24.3 Å². The van der Waals surface area contributed by atoms with E-state index in [9.17, 15) is 91.1 Å². The lowest BCUT2D eigenvalue weighted by Gasteiger charge is -2.27. The minimum Gasteiger partial charge on any atom is -0.445 e. The van der Waals surface area contributed by atoms with E-state index in [-0.39, 0.29) is 113 Å². The summed E-state index contributed by atoms with van der Waals surface area (Å²) in [5, 5.41) is 16.3. The monoisotopic (exact) mass is 1610 g/mol. The number of amides is 18. The summed E-state index contributed by atoms with van der Waals surface area (Å²) < 4.78 is 5.44. The second-order valence-electron chi connectivity index (χ2n) is 29.6. The molecule has 0 aliphatic heterocycles. The van der Waals surface area contributed by atoms with Crippen LogP contribution >= 0.6 is 0 Å². The molecule has 18 amide bonds. The number of nitrogens with one attached hydrogen (secondary N) is 6. The molecule has 3 atom stereocenters. The standard InChI is InChI=1S/C75H125N19O20/c1-49(2)56(72(110)82-57(23-21-30-80-74(76)112)58(96)36-53-25-27-54(28-26-53)48-114-75(113)84(9)35-34-83(8)73(111)50(3)4)37-55(95)22-20-24-59(97)78-31-29-61(99)86(11)39-63(101)88(13)41-65(103)90(15)43-67(105)92(17)45-69(107)94(19)47-70(108)93(18)46-68(106)91(16)44-66(104)89(14)42-64(102)87(12)40-62(100)85(10)38-60(98)81-52(7)71(109)79-33-32-77-51(5)6/h25-28,49-52,56-57,77H,20-24,29-48H2,1-19H3,(H,78,97)(H,79,109)(H,81,98)(H,82,110)(H3,76,80,112)/t52-,56-,57-/m0/s1. The van der Waals surface area contributed by atoms with E-state index in [1.54, 1.807) is 71.0 Å². The third-order valence-corrected chi connectivity index (χ3v) is 18.2. The molecule has 39 heteroatoms. The third-order valence-electron chi connectivity index (χ3n) is 18.2. The first-order valence-electron chi connectivity index (χ1n) is 37.7. The lowest BCUT2D eigenvalue weighted by molar-refractivity contribution is -0.146. The van der Waals surface area contributed by atoms with Gasteiger partial charge in [0.1, 0.15) is 18.4 Å². The zero-order valence-corrected chi connectivity index (χ0v) is 70.1. The zero-order valence-electron chi connectivity index (χ0n) is 70.1. The van der Waals surface area contributed by atoms with Crippen LogP contribution in [0.4, 0.5) is 9.59 Å². The van der Waals surface area contributed by atoms with Crippen LogP contribution in [0.25, 0.3) is 0 Å². The van der Waals surface area contributed by atoms with E-state index in [0.29, 0.717) is 30.8 Å². The van der Waals surface area contributed by atoms with Crippen molar-refractivity contribution in [3.63, 3.8) is 0 Å². The molecule has 1 rings (SSSR count). The van der Waals surface area contributed by atoms with Gasteiger partial charge in [-0.1, -0.05) is 65.8 Å². The smallest absolute Gasteiger partial charge is 0.409 e. The predicted molar refractivity (Wildman–Crippen MR) is 419 cm³/mol. The van der Waals surface area contributed by atoms with Crippen molar-refractivity contribution < 1.29 is 95.8 Å². The zero-order chi connectivity index (χ0) is 87.0. The molecule has 1 aromatic carbocycles. The van der Waals surface area contributed by atoms with Crippen molar-refractivity contribution in [2.24, 2.45) is 23.5 Å². The summed E-state index contributed by atoms with van der Waals surface area (Å²) in [7, 11) is 16.4. The van der Waals surface area contributed by atoms with Crippen molar-refractivity contribution >= 4 is 112 Å². The Balaban J connectivity index is 2.60. The Hall–Kier alpha value is -10.9. The molecule has 39 nitrogen and oxygen atoms in total. The maximum Gasteiger partial charge on any atom is 0.409 e. The van der Waals surface area contributed by atoms with Gasteiger partial charge in [0.15, 0.2) is 5.78 Å². The number of primary amides is 1. The lowest BCUT2D eigenvalue weighted by atomic mass is 9.88. The van der Waals surface area contributed by atoms with Crippen LogP contribution in [-0.2, 0) is 99.3 Å². The summed E-state index contributed by atoms with van der Waals surface area (Å²) >= 11 is 0. The number of carbonyl (C=O) groups excluding carboxylic acids is 19. The SMILES string of the molecule is CC(C)NCCNC(=O)[C@H](C)NC(=O)CN(C)C(=O)CN(C)C(=O)CN(C)C(=O)CN(C)C(=O)CN(C)C(=O)CN(C)C(=O)CN(C)C(=O)CN(C)C(=O)CN(C)C(=O)CN(C)C(=O)CCNC(=O)CCCC(=O)C[C@H](C(=O)N[C@@H](CCCNC(N)=O)C(=O)Cc1ccc(COC(=O)N(C)CCN(C)C(=O)C(C)C)cc1)C(C)C. The Labute approximate surface area is 669 Å². The molecule has 0 aliphatic rings. The number of rotatable bonds is 51. The van der Waals surface area contributed by atoms with Crippen LogP contribution in [0, 0.1) is 17.8 Å². The number of ether oxygens (including phenoxy) is 1. The Morgan fingerprint density at radius 2 is 0.798 bits per heavy atom. The van der Waals surface area contributed by atoms with Gasteiger partial charge in [-0.25, -0.2) is 9.59 Å². The topological polar surface area (TPSA) is 471 Å². The molecule has 0 radical (unpaired) electrons. The number of carbonyl (C=O) groups is 19. The quantitative estimate of drug-likeness (QED) is 0.0312. The molecule has 0 spiro atoms. The fraction of sp³-hybridized carbons (Fsp3) is 0.667. The highest BCUT2D eigenvalue weighted by Crippen LogP contribution is 2.20. The van der Waals surface area contributed by atoms with Gasteiger partial charge in [-0.15, -0.1) is 0 Å². The Morgan fingerprint density at radius 1 is 0.395 bits per heavy atom. The summed E-state index contributed by atoms with van der Waals surface area (Å²) in [6.45, 7) is 9.17. The first-order valence-corrected chi connectivity index (χ1v) is 37.7. The summed E-state index contributed by atoms with van der Waals surface area (Å²) in [5.41, 5.74) is 6.49. The van der Waals surface area contributed by atoms with E-state index >= 15 is 0 Å². The highest BCUT2D eigenvalue weighted by molar-refractivity contribution is 5.96. The molecule has 114 heavy (non-hydrogen) atoms. The number of hydrogen-bond acceptors (Lipinski definition) is 21.